The van der Waals surface area contributed by atoms with Crippen LogP contribution in [0.25, 0.3) is 0 Å². The molecular weight excluding hydrogens is 250 g/mol. The Hall–Kier alpha value is -1.81. The van der Waals surface area contributed by atoms with Crippen LogP contribution in [0.15, 0.2) is 42.7 Å². The van der Waals surface area contributed by atoms with Gasteiger partial charge in [-0.2, -0.15) is 5.10 Å². The number of carbonyl (C=O) groups excluding carboxylic acids is 1. The Bertz CT molecular complexity index is 510. The quantitative estimate of drug-likeness (QED) is 0.896. The lowest BCUT2D eigenvalue weighted by Gasteiger charge is -2.05. The molecule has 0 aliphatic rings. The van der Waals surface area contributed by atoms with Gasteiger partial charge in [0.15, 0.2) is 0 Å². The van der Waals surface area contributed by atoms with Gasteiger partial charge < -0.3 is 5.32 Å². The predicted molar refractivity (Wildman–Crippen MR) is 70.4 cm³/mol. The Balaban J connectivity index is 1.72. The number of aromatic nitrogens is 2. The van der Waals surface area contributed by atoms with Crippen molar-refractivity contribution >= 4 is 17.5 Å². The van der Waals surface area contributed by atoms with Crippen molar-refractivity contribution in [1.82, 2.24) is 15.1 Å². The molecule has 0 aliphatic heterocycles. The van der Waals surface area contributed by atoms with E-state index in [9.17, 15) is 4.79 Å². The van der Waals surface area contributed by atoms with Gasteiger partial charge >= 0.3 is 0 Å². The molecule has 0 fully saturated rings. The van der Waals surface area contributed by atoms with Crippen LogP contribution in [0.4, 0.5) is 0 Å². The standard InChI is InChI=1S/C13H14ClN3O/c14-12-9-16-17(10-12)7-6-15-13(18)8-11-4-2-1-3-5-11/h1-5,9-10H,6-8H2,(H,15,18). The van der Waals surface area contributed by atoms with Crippen molar-refractivity contribution in [3.63, 3.8) is 0 Å². The molecule has 5 heteroatoms. The van der Waals surface area contributed by atoms with Gasteiger partial charge in [0.2, 0.25) is 5.91 Å². The van der Waals surface area contributed by atoms with Crippen LogP contribution in [0.3, 0.4) is 0 Å². The zero-order valence-electron chi connectivity index (χ0n) is 9.84. The van der Waals surface area contributed by atoms with Crippen LogP contribution >= 0.6 is 11.6 Å². The smallest absolute Gasteiger partial charge is 0.224 e. The highest BCUT2D eigenvalue weighted by Gasteiger charge is 2.02. The highest BCUT2D eigenvalue weighted by Crippen LogP contribution is 2.03. The molecule has 0 atom stereocenters. The average Bonchev–Trinajstić information content (AvgIpc) is 2.76. The number of nitrogens with zero attached hydrogens (tertiary/aromatic N) is 2. The molecule has 0 bridgehead atoms. The van der Waals surface area contributed by atoms with Gasteiger partial charge in [-0.05, 0) is 5.56 Å². The number of benzene rings is 1. The van der Waals surface area contributed by atoms with E-state index in [1.807, 2.05) is 30.3 Å². The van der Waals surface area contributed by atoms with E-state index < -0.39 is 0 Å². The third-order valence-corrected chi connectivity index (χ3v) is 2.67. The molecule has 0 saturated heterocycles. The number of hydrogen-bond donors (Lipinski definition) is 1. The predicted octanol–water partition coefficient (Wildman–Crippen LogP) is 1.90. The summed E-state index contributed by atoms with van der Waals surface area (Å²) in [7, 11) is 0. The summed E-state index contributed by atoms with van der Waals surface area (Å²) < 4.78 is 1.70. The van der Waals surface area contributed by atoms with Crippen LogP contribution in [0.5, 0.6) is 0 Å². The number of hydrogen-bond acceptors (Lipinski definition) is 2. The Morgan fingerprint density at radius 3 is 2.78 bits per heavy atom. The molecule has 2 aromatic rings. The first-order valence-electron chi connectivity index (χ1n) is 5.72. The summed E-state index contributed by atoms with van der Waals surface area (Å²) in [5.41, 5.74) is 1.01. The fourth-order valence-electron chi connectivity index (χ4n) is 1.61. The summed E-state index contributed by atoms with van der Waals surface area (Å²) in [6, 6.07) is 9.66. The van der Waals surface area contributed by atoms with Gasteiger partial charge in [-0.1, -0.05) is 41.9 Å². The van der Waals surface area contributed by atoms with E-state index in [0.717, 1.165) is 5.56 Å². The van der Waals surface area contributed by atoms with Crippen LogP contribution in [-0.4, -0.2) is 22.2 Å². The van der Waals surface area contributed by atoms with Crippen molar-refractivity contribution in [2.45, 2.75) is 13.0 Å². The maximum atomic E-state index is 11.6. The van der Waals surface area contributed by atoms with Gasteiger partial charge in [0.25, 0.3) is 0 Å². The van der Waals surface area contributed by atoms with Crippen molar-refractivity contribution in [1.29, 1.82) is 0 Å². The van der Waals surface area contributed by atoms with Crippen molar-refractivity contribution in [2.75, 3.05) is 6.54 Å². The minimum atomic E-state index is 0.0134. The van der Waals surface area contributed by atoms with E-state index in [0.29, 0.717) is 24.5 Å². The summed E-state index contributed by atoms with van der Waals surface area (Å²) in [6.07, 6.45) is 3.71. The monoisotopic (exact) mass is 263 g/mol. The third kappa shape index (κ3) is 3.89. The van der Waals surface area contributed by atoms with E-state index in [2.05, 4.69) is 10.4 Å². The van der Waals surface area contributed by atoms with E-state index >= 15 is 0 Å². The van der Waals surface area contributed by atoms with Crippen molar-refractivity contribution in [2.24, 2.45) is 0 Å². The maximum Gasteiger partial charge on any atom is 0.224 e. The van der Waals surface area contributed by atoms with Crippen LogP contribution in [-0.2, 0) is 17.8 Å². The Morgan fingerprint density at radius 1 is 1.33 bits per heavy atom. The van der Waals surface area contributed by atoms with Gasteiger partial charge in [-0.25, -0.2) is 0 Å². The molecule has 18 heavy (non-hydrogen) atoms. The minimum Gasteiger partial charge on any atom is -0.354 e. The molecule has 1 aromatic heterocycles. The van der Waals surface area contributed by atoms with Crippen LogP contribution in [0.2, 0.25) is 5.02 Å². The van der Waals surface area contributed by atoms with Gasteiger partial charge in [0, 0.05) is 12.7 Å². The first-order valence-corrected chi connectivity index (χ1v) is 6.10. The zero-order chi connectivity index (χ0) is 12.8. The van der Waals surface area contributed by atoms with Crippen molar-refractivity contribution in [3.8, 4) is 0 Å². The van der Waals surface area contributed by atoms with E-state index in [1.165, 1.54) is 0 Å². The first kappa shape index (κ1) is 12.6. The number of halogens is 1. The SMILES string of the molecule is O=C(Cc1ccccc1)NCCn1cc(Cl)cn1. The lowest BCUT2D eigenvalue weighted by molar-refractivity contribution is -0.120. The summed E-state index contributed by atoms with van der Waals surface area (Å²) >= 11 is 5.74. The van der Waals surface area contributed by atoms with Crippen molar-refractivity contribution in [3.05, 3.63) is 53.3 Å². The topological polar surface area (TPSA) is 46.9 Å². The second kappa shape index (κ2) is 6.21. The summed E-state index contributed by atoms with van der Waals surface area (Å²) in [5.74, 6) is 0.0134. The molecule has 94 valence electrons. The fourth-order valence-corrected chi connectivity index (χ4v) is 1.77. The molecule has 0 unspecified atom stereocenters. The molecular formula is C13H14ClN3O. The largest absolute Gasteiger partial charge is 0.354 e. The average molecular weight is 264 g/mol. The summed E-state index contributed by atoms with van der Waals surface area (Å²) in [6.45, 7) is 1.16. The molecule has 0 radical (unpaired) electrons. The highest BCUT2D eigenvalue weighted by atomic mass is 35.5. The third-order valence-electron chi connectivity index (χ3n) is 2.47. The Labute approximate surface area is 111 Å². The van der Waals surface area contributed by atoms with Crippen molar-refractivity contribution < 1.29 is 4.79 Å². The molecule has 1 N–H and O–H groups in total. The minimum absolute atomic E-state index is 0.0134. The molecule has 0 aliphatic carbocycles. The number of rotatable bonds is 5. The fraction of sp³-hybridized carbons (Fsp3) is 0.231. The number of carbonyl (C=O) groups is 1. The Kier molecular flexibility index (Phi) is 4.36. The van der Waals surface area contributed by atoms with Crippen LogP contribution in [0.1, 0.15) is 5.56 Å². The molecule has 1 heterocycles. The van der Waals surface area contributed by atoms with Crippen LogP contribution in [0, 0.1) is 0 Å². The number of nitrogens with one attached hydrogen (secondary N) is 1. The second-order valence-corrected chi connectivity index (χ2v) is 4.37. The van der Waals surface area contributed by atoms with Gasteiger partial charge in [-0.3, -0.25) is 9.48 Å². The van der Waals surface area contributed by atoms with E-state index in [1.54, 1.807) is 17.1 Å². The first-order chi connectivity index (χ1) is 8.74. The summed E-state index contributed by atoms with van der Waals surface area (Å²) in [4.78, 5) is 11.6. The maximum absolute atomic E-state index is 11.6. The van der Waals surface area contributed by atoms with Gasteiger partial charge in [-0.15, -0.1) is 0 Å². The lowest BCUT2D eigenvalue weighted by atomic mass is 10.1. The number of amides is 1. The van der Waals surface area contributed by atoms with Gasteiger partial charge in [0.05, 0.1) is 24.2 Å². The van der Waals surface area contributed by atoms with E-state index in [-0.39, 0.29) is 5.91 Å². The van der Waals surface area contributed by atoms with Gasteiger partial charge in [0.1, 0.15) is 0 Å². The molecule has 4 nitrogen and oxygen atoms in total. The molecule has 1 aromatic carbocycles. The molecule has 0 spiro atoms. The zero-order valence-corrected chi connectivity index (χ0v) is 10.6. The Morgan fingerprint density at radius 2 is 2.11 bits per heavy atom. The summed E-state index contributed by atoms with van der Waals surface area (Å²) in [5, 5.41) is 7.48. The van der Waals surface area contributed by atoms with E-state index in [4.69, 9.17) is 11.6 Å². The normalized spacial score (nSPS) is 10.3. The molecule has 2 rings (SSSR count). The molecule has 0 saturated carbocycles. The second-order valence-electron chi connectivity index (χ2n) is 3.93. The molecule has 1 amide bonds. The lowest BCUT2D eigenvalue weighted by Crippen LogP contribution is -2.28. The van der Waals surface area contributed by atoms with Crippen LogP contribution < -0.4 is 5.32 Å². The highest BCUT2D eigenvalue weighted by molar-refractivity contribution is 6.30.